The van der Waals surface area contributed by atoms with Gasteiger partial charge in [-0.05, 0) is 0 Å². The molecular formula is C9H14O4. The molecule has 0 fully saturated rings. The van der Waals surface area contributed by atoms with Crippen molar-refractivity contribution in [3.8, 4) is 0 Å². The topological polar surface area (TPSA) is 55.8 Å². The molecule has 4 nitrogen and oxygen atoms in total. The summed E-state index contributed by atoms with van der Waals surface area (Å²) in [5, 5.41) is 8.43. The van der Waals surface area contributed by atoms with Crippen LogP contribution in [0.2, 0.25) is 0 Å². The van der Waals surface area contributed by atoms with Gasteiger partial charge in [0.05, 0.1) is 19.5 Å². The van der Waals surface area contributed by atoms with Crippen LogP contribution in [0.15, 0.2) is 25.0 Å². The molecule has 0 aliphatic heterocycles. The van der Waals surface area contributed by atoms with Gasteiger partial charge in [0.1, 0.15) is 6.61 Å². The van der Waals surface area contributed by atoms with Gasteiger partial charge < -0.3 is 14.6 Å². The van der Waals surface area contributed by atoms with Gasteiger partial charge in [-0.15, -0.1) is 0 Å². The summed E-state index contributed by atoms with van der Waals surface area (Å²) in [4.78, 5) is 10.3. The van der Waals surface area contributed by atoms with Crippen molar-refractivity contribution in [3.05, 3.63) is 25.0 Å². The highest BCUT2D eigenvalue weighted by molar-refractivity contribution is 5.85. The normalized spacial score (nSPS) is 9.23. The Bertz CT molecular complexity index is 186. The molecule has 0 aromatic heterocycles. The van der Waals surface area contributed by atoms with E-state index in [4.69, 9.17) is 14.6 Å². The molecule has 1 N–H and O–H groups in total. The number of carboxylic acid groups (broad SMARTS) is 1. The van der Waals surface area contributed by atoms with E-state index in [2.05, 4.69) is 13.2 Å². The lowest BCUT2D eigenvalue weighted by molar-refractivity contribution is -0.132. The van der Waals surface area contributed by atoms with Crippen LogP contribution in [0, 0.1) is 0 Å². The average Bonchev–Trinajstić information content (AvgIpc) is 2.10. The number of rotatable bonds is 8. The molecule has 13 heavy (non-hydrogen) atoms. The second kappa shape index (κ2) is 7.36. The van der Waals surface area contributed by atoms with Crippen LogP contribution in [0.4, 0.5) is 0 Å². The minimum atomic E-state index is -0.981. The maximum Gasteiger partial charge on any atom is 0.331 e. The zero-order valence-electron chi connectivity index (χ0n) is 7.49. The number of hydrogen-bond acceptors (Lipinski definition) is 3. The van der Waals surface area contributed by atoms with Crippen LogP contribution >= 0.6 is 0 Å². The zero-order valence-corrected chi connectivity index (χ0v) is 7.49. The molecule has 0 aromatic carbocycles. The molecule has 0 heterocycles. The van der Waals surface area contributed by atoms with Gasteiger partial charge in [0.2, 0.25) is 0 Å². The van der Waals surface area contributed by atoms with Crippen molar-refractivity contribution in [3.63, 3.8) is 0 Å². The Labute approximate surface area is 77.5 Å². The summed E-state index contributed by atoms with van der Waals surface area (Å²) in [5.41, 5.74) is 0.157. The first kappa shape index (κ1) is 11.7. The summed E-state index contributed by atoms with van der Waals surface area (Å²) in [5.74, 6) is -0.981. The molecule has 0 atom stereocenters. The van der Waals surface area contributed by atoms with Crippen LogP contribution in [0.25, 0.3) is 0 Å². The molecule has 0 aromatic rings. The van der Waals surface area contributed by atoms with E-state index in [-0.39, 0.29) is 5.57 Å². The fraction of sp³-hybridized carbons (Fsp3) is 0.444. The first-order valence-corrected chi connectivity index (χ1v) is 3.89. The summed E-state index contributed by atoms with van der Waals surface area (Å²) < 4.78 is 9.85. The summed E-state index contributed by atoms with van der Waals surface area (Å²) in [6, 6.07) is 0. The van der Waals surface area contributed by atoms with Crippen molar-refractivity contribution in [1.29, 1.82) is 0 Å². The number of carbonyl (C=O) groups is 1. The Balaban J connectivity index is 3.21. The van der Waals surface area contributed by atoms with Crippen LogP contribution in [-0.2, 0) is 14.3 Å². The molecule has 0 rings (SSSR count). The predicted octanol–water partition coefficient (Wildman–Crippen LogP) is 1.19. The summed E-state index contributed by atoms with van der Waals surface area (Å²) in [6.45, 7) is 7.94. The molecule has 4 heteroatoms. The van der Waals surface area contributed by atoms with Crippen molar-refractivity contribution < 1.29 is 19.4 Å². The minimum Gasteiger partial charge on any atom is -0.499 e. The van der Waals surface area contributed by atoms with E-state index < -0.39 is 5.97 Å². The Hall–Kier alpha value is -1.29. The summed E-state index contributed by atoms with van der Waals surface area (Å²) in [6.07, 6.45) is 1.67. The van der Waals surface area contributed by atoms with Gasteiger partial charge in [-0.2, -0.15) is 0 Å². The Morgan fingerprint density at radius 3 is 2.62 bits per heavy atom. The molecule has 0 aliphatic rings. The van der Waals surface area contributed by atoms with Crippen molar-refractivity contribution in [1.82, 2.24) is 0 Å². The van der Waals surface area contributed by atoms with E-state index in [1.807, 2.05) is 0 Å². The number of aliphatic carboxylic acids is 1. The van der Waals surface area contributed by atoms with Crippen LogP contribution in [0.1, 0.15) is 6.42 Å². The first-order chi connectivity index (χ1) is 6.18. The molecule has 0 saturated carbocycles. The molecule has 0 amide bonds. The van der Waals surface area contributed by atoms with E-state index >= 15 is 0 Å². The van der Waals surface area contributed by atoms with Crippen molar-refractivity contribution in [2.24, 2.45) is 0 Å². The molecule has 0 bridgehead atoms. The van der Waals surface area contributed by atoms with Crippen LogP contribution in [-0.4, -0.2) is 30.9 Å². The van der Waals surface area contributed by atoms with Gasteiger partial charge in [-0.25, -0.2) is 4.79 Å². The molecule has 74 valence electrons. The smallest absolute Gasteiger partial charge is 0.331 e. The third-order valence-electron chi connectivity index (χ3n) is 1.31. The van der Waals surface area contributed by atoms with Crippen LogP contribution in [0.5, 0.6) is 0 Å². The quantitative estimate of drug-likeness (QED) is 0.351. The van der Waals surface area contributed by atoms with E-state index in [9.17, 15) is 4.79 Å². The zero-order chi connectivity index (χ0) is 10.1. The highest BCUT2D eigenvalue weighted by Gasteiger charge is 2.02. The summed E-state index contributed by atoms with van der Waals surface area (Å²) >= 11 is 0. The van der Waals surface area contributed by atoms with Gasteiger partial charge in [0.25, 0.3) is 0 Å². The van der Waals surface area contributed by atoms with E-state index in [1.165, 1.54) is 6.26 Å². The van der Waals surface area contributed by atoms with Crippen molar-refractivity contribution >= 4 is 5.97 Å². The number of carboxylic acids is 1. The number of ether oxygens (including phenoxy) is 2. The molecular weight excluding hydrogens is 172 g/mol. The van der Waals surface area contributed by atoms with Gasteiger partial charge >= 0.3 is 5.97 Å². The van der Waals surface area contributed by atoms with Crippen molar-refractivity contribution in [2.45, 2.75) is 6.42 Å². The largest absolute Gasteiger partial charge is 0.499 e. The van der Waals surface area contributed by atoms with E-state index in [1.54, 1.807) is 0 Å². The minimum absolute atomic E-state index is 0.157. The lowest BCUT2D eigenvalue weighted by Gasteiger charge is -2.03. The molecule has 0 spiro atoms. The lowest BCUT2D eigenvalue weighted by Crippen LogP contribution is -2.06. The van der Waals surface area contributed by atoms with Gasteiger partial charge in [-0.3, -0.25) is 0 Å². The number of hydrogen-bond donors (Lipinski definition) is 1. The Morgan fingerprint density at radius 2 is 2.08 bits per heavy atom. The van der Waals surface area contributed by atoms with Crippen LogP contribution < -0.4 is 0 Å². The standard InChI is InChI=1S/C9H14O4/c1-3-12-6-7-13-5-4-8(2)9(10)11/h3H,1-2,4-7H2,(H,10,11). The van der Waals surface area contributed by atoms with E-state index in [0.29, 0.717) is 26.2 Å². The third kappa shape index (κ3) is 7.08. The monoisotopic (exact) mass is 186 g/mol. The highest BCUT2D eigenvalue weighted by atomic mass is 16.5. The highest BCUT2D eigenvalue weighted by Crippen LogP contribution is 1.97. The van der Waals surface area contributed by atoms with Gasteiger partial charge in [0.15, 0.2) is 0 Å². The first-order valence-electron chi connectivity index (χ1n) is 3.89. The maximum atomic E-state index is 10.3. The molecule has 0 saturated heterocycles. The SMILES string of the molecule is C=COCCOCCC(=C)C(=O)O. The van der Waals surface area contributed by atoms with Crippen molar-refractivity contribution in [2.75, 3.05) is 19.8 Å². The van der Waals surface area contributed by atoms with Gasteiger partial charge in [0, 0.05) is 12.0 Å². The third-order valence-corrected chi connectivity index (χ3v) is 1.31. The van der Waals surface area contributed by atoms with E-state index in [0.717, 1.165) is 0 Å². The Morgan fingerprint density at radius 1 is 1.38 bits per heavy atom. The van der Waals surface area contributed by atoms with Crippen LogP contribution in [0.3, 0.4) is 0 Å². The lowest BCUT2D eigenvalue weighted by atomic mass is 10.2. The fourth-order valence-corrected chi connectivity index (χ4v) is 0.595. The van der Waals surface area contributed by atoms with Gasteiger partial charge in [-0.1, -0.05) is 13.2 Å². The molecule has 0 unspecified atom stereocenters. The average molecular weight is 186 g/mol. The fourth-order valence-electron chi connectivity index (χ4n) is 0.595. The molecule has 0 radical (unpaired) electrons. The summed E-state index contributed by atoms with van der Waals surface area (Å²) in [7, 11) is 0. The second-order valence-corrected chi connectivity index (χ2v) is 2.31. The molecule has 0 aliphatic carbocycles. The predicted molar refractivity (Wildman–Crippen MR) is 48.4 cm³/mol. The maximum absolute atomic E-state index is 10.3. The Kier molecular flexibility index (Phi) is 6.63. The second-order valence-electron chi connectivity index (χ2n) is 2.31.